The van der Waals surface area contributed by atoms with Crippen molar-refractivity contribution in [2.24, 2.45) is 14.1 Å². The van der Waals surface area contributed by atoms with Crippen molar-refractivity contribution < 1.29 is 0 Å². The fourth-order valence-corrected chi connectivity index (χ4v) is 1.11. The van der Waals surface area contributed by atoms with Crippen LogP contribution in [0.2, 0.25) is 0 Å². The van der Waals surface area contributed by atoms with Crippen molar-refractivity contribution in [2.45, 2.75) is 0 Å². The van der Waals surface area contributed by atoms with Gasteiger partial charge in [0.15, 0.2) is 11.1 Å². The highest BCUT2D eigenvalue weighted by Crippen LogP contribution is 2.00. The number of aromatic nitrogens is 4. The van der Waals surface area contributed by atoms with Crippen LogP contribution in [0.15, 0.2) is 12.7 Å². The predicted octanol–water partition coefficient (Wildman–Crippen LogP) is -0.214. The fraction of sp³-hybridized carbons (Fsp3) is 0.286. The first-order valence-corrected chi connectivity index (χ1v) is 3.57. The van der Waals surface area contributed by atoms with Gasteiger partial charge >= 0.3 is 0 Å². The van der Waals surface area contributed by atoms with Crippen molar-refractivity contribution in [1.82, 2.24) is 19.1 Å². The Balaban J connectivity index is 3.03. The Labute approximate surface area is 68.8 Å². The van der Waals surface area contributed by atoms with Gasteiger partial charge in [-0.05, 0) is 0 Å². The molecule has 0 bridgehead atoms. The van der Waals surface area contributed by atoms with Crippen LogP contribution in [0.4, 0.5) is 0 Å². The summed E-state index contributed by atoms with van der Waals surface area (Å²) in [5.74, 6) is 0. The van der Waals surface area contributed by atoms with Gasteiger partial charge in [-0.3, -0.25) is 5.41 Å². The molecule has 0 fully saturated rings. The van der Waals surface area contributed by atoms with Crippen molar-refractivity contribution in [3.63, 3.8) is 0 Å². The summed E-state index contributed by atoms with van der Waals surface area (Å²) in [4.78, 5) is 8.22. The van der Waals surface area contributed by atoms with Gasteiger partial charge in [0.05, 0.1) is 12.7 Å². The highest BCUT2D eigenvalue weighted by Gasteiger charge is 2.02. The molecule has 2 aromatic rings. The first-order chi connectivity index (χ1) is 5.70. The minimum atomic E-state index is 0.389. The summed E-state index contributed by atoms with van der Waals surface area (Å²) in [5, 5.41) is 7.65. The summed E-state index contributed by atoms with van der Waals surface area (Å²) in [5.41, 5.74) is 1.78. The maximum atomic E-state index is 7.65. The van der Waals surface area contributed by atoms with E-state index in [-0.39, 0.29) is 0 Å². The predicted molar refractivity (Wildman–Crippen MR) is 43.3 cm³/mol. The number of fused-ring (bicyclic) bond motifs is 1. The van der Waals surface area contributed by atoms with Crippen molar-refractivity contribution in [3.8, 4) is 0 Å². The van der Waals surface area contributed by atoms with Crippen LogP contribution >= 0.6 is 0 Å². The Morgan fingerprint density at radius 2 is 1.83 bits per heavy atom. The van der Waals surface area contributed by atoms with Crippen LogP contribution in [0.25, 0.3) is 11.2 Å². The van der Waals surface area contributed by atoms with E-state index in [0.29, 0.717) is 11.0 Å². The molecule has 0 aromatic carbocycles. The standard InChI is InChI=1S/C7H9N5/c1-11-4-10-7-5(6(11)8)9-3-12(7)2/h3-4,8H,1-2H3. The van der Waals surface area contributed by atoms with E-state index in [1.807, 2.05) is 7.05 Å². The van der Waals surface area contributed by atoms with E-state index in [2.05, 4.69) is 9.97 Å². The van der Waals surface area contributed by atoms with Crippen molar-refractivity contribution in [2.75, 3.05) is 0 Å². The number of hydrogen-bond donors (Lipinski definition) is 1. The summed E-state index contributed by atoms with van der Waals surface area (Å²) < 4.78 is 3.43. The lowest BCUT2D eigenvalue weighted by atomic mass is 10.5. The van der Waals surface area contributed by atoms with Gasteiger partial charge < -0.3 is 9.13 Å². The van der Waals surface area contributed by atoms with Gasteiger partial charge in [0.25, 0.3) is 0 Å². The Morgan fingerprint density at radius 1 is 1.17 bits per heavy atom. The van der Waals surface area contributed by atoms with Gasteiger partial charge in [0, 0.05) is 14.1 Å². The zero-order valence-corrected chi connectivity index (χ0v) is 6.94. The second-order valence-electron chi connectivity index (χ2n) is 2.73. The molecule has 0 saturated heterocycles. The highest BCUT2D eigenvalue weighted by atomic mass is 15.1. The molecule has 0 aliphatic rings. The zero-order chi connectivity index (χ0) is 8.72. The lowest BCUT2D eigenvalue weighted by molar-refractivity contribution is 0.797. The van der Waals surface area contributed by atoms with Crippen molar-refractivity contribution in [1.29, 1.82) is 5.41 Å². The lowest BCUT2D eigenvalue weighted by Crippen LogP contribution is -2.17. The SMILES string of the molecule is Cn1cnc2c(ncn2C)c1=N. The third-order valence-corrected chi connectivity index (χ3v) is 1.84. The molecule has 2 aromatic heterocycles. The molecule has 0 atom stereocenters. The van der Waals surface area contributed by atoms with E-state index < -0.39 is 0 Å². The summed E-state index contributed by atoms with van der Waals surface area (Å²) in [6, 6.07) is 0. The van der Waals surface area contributed by atoms with Gasteiger partial charge in [0.1, 0.15) is 5.52 Å². The summed E-state index contributed by atoms with van der Waals surface area (Å²) in [7, 11) is 3.64. The van der Waals surface area contributed by atoms with Gasteiger partial charge in [-0.15, -0.1) is 0 Å². The van der Waals surface area contributed by atoms with Gasteiger partial charge in [-0.25, -0.2) is 9.97 Å². The van der Waals surface area contributed by atoms with Crippen molar-refractivity contribution in [3.05, 3.63) is 18.1 Å². The van der Waals surface area contributed by atoms with Crippen LogP contribution in [0.1, 0.15) is 0 Å². The van der Waals surface area contributed by atoms with Crippen LogP contribution in [0.3, 0.4) is 0 Å². The molecule has 5 nitrogen and oxygen atoms in total. The number of imidazole rings is 1. The molecule has 0 unspecified atom stereocenters. The molecule has 0 aliphatic heterocycles. The van der Waals surface area contributed by atoms with Gasteiger partial charge in [0.2, 0.25) is 0 Å². The number of hydrogen-bond acceptors (Lipinski definition) is 3. The second-order valence-corrected chi connectivity index (χ2v) is 2.73. The molecule has 12 heavy (non-hydrogen) atoms. The second kappa shape index (κ2) is 2.17. The smallest absolute Gasteiger partial charge is 0.165 e. The summed E-state index contributed by atoms with van der Waals surface area (Å²) >= 11 is 0. The average molecular weight is 163 g/mol. The third kappa shape index (κ3) is 0.761. The first-order valence-electron chi connectivity index (χ1n) is 3.57. The van der Waals surface area contributed by atoms with E-state index in [4.69, 9.17) is 5.41 Å². The minimum absolute atomic E-state index is 0.389. The molecule has 0 radical (unpaired) electrons. The first kappa shape index (κ1) is 7.02. The Bertz CT molecular complexity index is 478. The van der Waals surface area contributed by atoms with E-state index in [1.54, 1.807) is 28.8 Å². The molecule has 0 aliphatic carbocycles. The molecule has 62 valence electrons. The highest BCUT2D eigenvalue weighted by molar-refractivity contribution is 5.68. The molecule has 0 spiro atoms. The van der Waals surface area contributed by atoms with Crippen molar-refractivity contribution >= 4 is 11.2 Å². The molecule has 2 rings (SSSR count). The zero-order valence-electron chi connectivity index (χ0n) is 6.94. The molecule has 0 amide bonds. The van der Waals surface area contributed by atoms with Crippen LogP contribution in [0.5, 0.6) is 0 Å². The Hall–Kier alpha value is -1.65. The number of rotatable bonds is 0. The topological polar surface area (TPSA) is 59.5 Å². The van der Waals surface area contributed by atoms with Gasteiger partial charge in [-0.2, -0.15) is 0 Å². The minimum Gasteiger partial charge on any atom is -0.319 e. The van der Waals surface area contributed by atoms with E-state index >= 15 is 0 Å². The summed E-state index contributed by atoms with van der Waals surface area (Å²) in [6.07, 6.45) is 3.28. The monoisotopic (exact) mass is 163 g/mol. The molecular formula is C7H9N5. The average Bonchev–Trinajstić information content (AvgIpc) is 2.41. The van der Waals surface area contributed by atoms with E-state index in [0.717, 1.165) is 5.65 Å². The quantitative estimate of drug-likeness (QED) is 0.584. The normalized spacial score (nSPS) is 10.8. The fourth-order valence-electron chi connectivity index (χ4n) is 1.11. The van der Waals surface area contributed by atoms with Crippen LogP contribution in [-0.2, 0) is 14.1 Å². The van der Waals surface area contributed by atoms with E-state index in [1.165, 1.54) is 0 Å². The maximum Gasteiger partial charge on any atom is 0.165 e. The number of aryl methyl sites for hydroxylation is 2. The van der Waals surface area contributed by atoms with Crippen LogP contribution < -0.4 is 5.49 Å². The van der Waals surface area contributed by atoms with E-state index in [9.17, 15) is 0 Å². The molecule has 2 heterocycles. The third-order valence-electron chi connectivity index (χ3n) is 1.84. The lowest BCUT2D eigenvalue weighted by Gasteiger charge is -1.97. The summed E-state index contributed by atoms with van der Waals surface area (Å²) in [6.45, 7) is 0. The van der Waals surface area contributed by atoms with Crippen LogP contribution in [0, 0.1) is 5.41 Å². The molecular weight excluding hydrogens is 154 g/mol. The number of nitrogens with zero attached hydrogens (tertiary/aromatic N) is 4. The van der Waals surface area contributed by atoms with Crippen LogP contribution in [-0.4, -0.2) is 19.1 Å². The number of nitrogens with one attached hydrogen (secondary N) is 1. The Morgan fingerprint density at radius 3 is 2.58 bits per heavy atom. The molecule has 1 N–H and O–H groups in total. The largest absolute Gasteiger partial charge is 0.319 e. The maximum absolute atomic E-state index is 7.65. The van der Waals surface area contributed by atoms with Gasteiger partial charge in [-0.1, -0.05) is 0 Å². The molecule has 5 heteroatoms. The Kier molecular flexibility index (Phi) is 1.27. The molecule has 0 saturated carbocycles.